The lowest BCUT2D eigenvalue weighted by Gasteiger charge is -2.23. The van der Waals surface area contributed by atoms with E-state index in [9.17, 15) is 0 Å². The van der Waals surface area contributed by atoms with Gasteiger partial charge in [-0.25, -0.2) is 0 Å². The molecule has 1 saturated heterocycles. The van der Waals surface area contributed by atoms with E-state index in [4.69, 9.17) is 14.2 Å². The van der Waals surface area contributed by atoms with E-state index in [2.05, 4.69) is 17.4 Å². The van der Waals surface area contributed by atoms with E-state index in [1.807, 2.05) is 6.07 Å². The number of ether oxygens (including phenoxy) is 3. The first-order chi connectivity index (χ1) is 10.3. The summed E-state index contributed by atoms with van der Waals surface area (Å²) in [7, 11) is 0. The Morgan fingerprint density at radius 3 is 3.05 bits per heavy atom. The Morgan fingerprint density at radius 1 is 1.24 bits per heavy atom. The lowest BCUT2D eigenvalue weighted by Crippen LogP contribution is -2.28. The second-order valence-corrected chi connectivity index (χ2v) is 6.30. The van der Waals surface area contributed by atoms with Crippen LogP contribution in [-0.2, 0) is 15.9 Å². The van der Waals surface area contributed by atoms with Gasteiger partial charge in [0.1, 0.15) is 18.5 Å². The van der Waals surface area contributed by atoms with Crippen LogP contribution in [0.25, 0.3) is 0 Å². The van der Waals surface area contributed by atoms with E-state index in [0.29, 0.717) is 13.2 Å². The van der Waals surface area contributed by atoms with Gasteiger partial charge in [-0.1, -0.05) is 12.1 Å². The third kappa shape index (κ3) is 2.62. The summed E-state index contributed by atoms with van der Waals surface area (Å²) in [5, 5.41) is 3.46. The van der Waals surface area contributed by atoms with Gasteiger partial charge in [0.05, 0.1) is 12.3 Å². The van der Waals surface area contributed by atoms with Crippen LogP contribution in [-0.4, -0.2) is 31.6 Å². The molecule has 21 heavy (non-hydrogen) atoms. The number of fused-ring (bicyclic) bond motifs is 1. The monoisotopic (exact) mass is 289 g/mol. The van der Waals surface area contributed by atoms with Gasteiger partial charge in [0.2, 0.25) is 0 Å². The second kappa shape index (κ2) is 5.50. The minimum absolute atomic E-state index is 0.0579. The highest BCUT2D eigenvalue weighted by Gasteiger charge is 2.43. The van der Waals surface area contributed by atoms with Crippen LogP contribution >= 0.6 is 0 Å². The molecular weight excluding hydrogens is 266 g/mol. The number of hydrogen-bond donors (Lipinski definition) is 1. The second-order valence-electron chi connectivity index (χ2n) is 6.30. The molecule has 1 N–H and O–H groups in total. The van der Waals surface area contributed by atoms with Gasteiger partial charge in [0, 0.05) is 19.4 Å². The molecule has 2 heterocycles. The molecule has 1 saturated carbocycles. The zero-order valence-corrected chi connectivity index (χ0v) is 12.4. The van der Waals surface area contributed by atoms with Gasteiger partial charge in [-0.05, 0) is 37.3 Å². The minimum Gasteiger partial charge on any atom is -0.489 e. The molecule has 2 aliphatic heterocycles. The quantitative estimate of drug-likeness (QED) is 0.928. The Hall–Kier alpha value is -1.26. The van der Waals surface area contributed by atoms with E-state index in [0.717, 1.165) is 31.6 Å². The van der Waals surface area contributed by atoms with Crippen LogP contribution in [0.2, 0.25) is 0 Å². The molecule has 4 heteroatoms. The molecule has 1 unspecified atom stereocenters. The van der Waals surface area contributed by atoms with Crippen molar-refractivity contribution >= 4 is 5.69 Å². The molecule has 3 aliphatic rings. The Kier molecular flexibility index (Phi) is 3.51. The summed E-state index contributed by atoms with van der Waals surface area (Å²) < 4.78 is 18.0. The number of anilines is 1. The first-order valence-electron chi connectivity index (χ1n) is 8.15. The van der Waals surface area contributed by atoms with Crippen LogP contribution in [0.4, 0.5) is 5.69 Å². The van der Waals surface area contributed by atoms with Gasteiger partial charge in [-0.15, -0.1) is 0 Å². The van der Waals surface area contributed by atoms with Crippen molar-refractivity contribution in [2.24, 2.45) is 0 Å². The van der Waals surface area contributed by atoms with Gasteiger partial charge < -0.3 is 19.5 Å². The molecule has 114 valence electrons. The third-order valence-corrected chi connectivity index (χ3v) is 4.74. The summed E-state index contributed by atoms with van der Waals surface area (Å²) in [4.78, 5) is 0. The molecule has 0 aromatic heterocycles. The number of para-hydroxylation sites is 1. The van der Waals surface area contributed by atoms with E-state index in [-0.39, 0.29) is 11.9 Å². The van der Waals surface area contributed by atoms with E-state index >= 15 is 0 Å². The molecule has 1 aromatic carbocycles. The fourth-order valence-electron chi connectivity index (χ4n) is 3.66. The number of hydrogen-bond acceptors (Lipinski definition) is 4. The van der Waals surface area contributed by atoms with Crippen molar-refractivity contribution in [2.75, 3.05) is 25.1 Å². The molecule has 1 aliphatic carbocycles. The molecule has 4 nitrogen and oxygen atoms in total. The highest BCUT2D eigenvalue weighted by atomic mass is 16.8. The lowest BCUT2D eigenvalue weighted by atomic mass is 10.0. The molecular formula is C17H23NO3. The molecule has 0 amide bonds. The molecule has 2 fully saturated rings. The van der Waals surface area contributed by atoms with Crippen molar-refractivity contribution in [3.63, 3.8) is 0 Å². The molecule has 1 aromatic rings. The molecule has 4 rings (SSSR count). The number of aryl methyl sites for hydroxylation is 1. The van der Waals surface area contributed by atoms with Gasteiger partial charge >= 0.3 is 0 Å². The minimum atomic E-state index is -0.289. The van der Waals surface area contributed by atoms with Gasteiger partial charge in [-0.3, -0.25) is 0 Å². The largest absolute Gasteiger partial charge is 0.489 e. The predicted octanol–water partition coefficient (Wildman–Crippen LogP) is 3.11. The van der Waals surface area contributed by atoms with Gasteiger partial charge in [-0.2, -0.15) is 0 Å². The Labute approximate surface area is 125 Å². The zero-order chi connectivity index (χ0) is 14.1. The lowest BCUT2D eigenvalue weighted by molar-refractivity contribution is -0.164. The maximum Gasteiger partial charge on any atom is 0.169 e. The highest BCUT2D eigenvalue weighted by molar-refractivity contribution is 5.63. The predicted molar refractivity (Wildman–Crippen MR) is 80.8 cm³/mol. The van der Waals surface area contributed by atoms with Crippen LogP contribution in [0.3, 0.4) is 0 Å². The fourth-order valence-corrected chi connectivity index (χ4v) is 3.66. The topological polar surface area (TPSA) is 39.7 Å². The van der Waals surface area contributed by atoms with E-state index < -0.39 is 0 Å². The highest BCUT2D eigenvalue weighted by Crippen LogP contribution is 2.39. The number of benzene rings is 1. The van der Waals surface area contributed by atoms with Crippen molar-refractivity contribution in [3.05, 3.63) is 23.8 Å². The first kappa shape index (κ1) is 13.4. The SMILES string of the molecule is c1cc2c(c(OCC3COC4(CCCC4)O3)c1)NCCC2. The van der Waals surface area contributed by atoms with Crippen LogP contribution in [0.1, 0.15) is 37.7 Å². The maximum atomic E-state index is 6.11. The van der Waals surface area contributed by atoms with Gasteiger partial charge in [0.25, 0.3) is 0 Å². The normalized spacial score (nSPS) is 26.6. The third-order valence-electron chi connectivity index (χ3n) is 4.74. The van der Waals surface area contributed by atoms with Gasteiger partial charge in [0.15, 0.2) is 5.79 Å². The van der Waals surface area contributed by atoms with Crippen molar-refractivity contribution in [3.8, 4) is 5.75 Å². The molecule has 1 spiro atoms. The van der Waals surface area contributed by atoms with Crippen molar-refractivity contribution in [2.45, 2.75) is 50.4 Å². The molecule has 0 bridgehead atoms. The zero-order valence-electron chi connectivity index (χ0n) is 12.4. The van der Waals surface area contributed by atoms with Crippen LogP contribution < -0.4 is 10.1 Å². The molecule has 1 atom stereocenters. The van der Waals surface area contributed by atoms with Crippen molar-refractivity contribution < 1.29 is 14.2 Å². The van der Waals surface area contributed by atoms with Crippen molar-refractivity contribution in [1.82, 2.24) is 0 Å². The van der Waals surface area contributed by atoms with Crippen LogP contribution in [0.5, 0.6) is 5.75 Å². The summed E-state index contributed by atoms with van der Waals surface area (Å²) in [6, 6.07) is 6.29. The summed E-state index contributed by atoms with van der Waals surface area (Å²) in [5.74, 6) is 0.658. The first-order valence-corrected chi connectivity index (χ1v) is 8.15. The van der Waals surface area contributed by atoms with Crippen molar-refractivity contribution in [1.29, 1.82) is 0 Å². The Balaban J connectivity index is 1.39. The smallest absolute Gasteiger partial charge is 0.169 e. The van der Waals surface area contributed by atoms with Crippen LogP contribution in [0.15, 0.2) is 18.2 Å². The Morgan fingerprint density at radius 2 is 2.14 bits per heavy atom. The standard InChI is InChI=1S/C17H23NO3/c1-2-9-17(8-1)20-12-14(21-17)11-19-15-7-3-5-13-6-4-10-18-16(13)15/h3,5,7,14,18H,1-2,4,6,8-12H2. The summed E-state index contributed by atoms with van der Waals surface area (Å²) in [5.41, 5.74) is 2.52. The Bertz CT molecular complexity index is 511. The average Bonchev–Trinajstić information content (AvgIpc) is 3.15. The summed E-state index contributed by atoms with van der Waals surface area (Å²) >= 11 is 0. The average molecular weight is 289 g/mol. The van der Waals surface area contributed by atoms with E-state index in [1.54, 1.807) is 0 Å². The summed E-state index contributed by atoms with van der Waals surface area (Å²) in [6.45, 7) is 2.25. The summed E-state index contributed by atoms with van der Waals surface area (Å²) in [6.07, 6.45) is 6.87. The fraction of sp³-hybridized carbons (Fsp3) is 0.647. The number of rotatable bonds is 3. The van der Waals surface area contributed by atoms with Crippen LogP contribution in [0, 0.1) is 0 Å². The van der Waals surface area contributed by atoms with E-state index in [1.165, 1.54) is 30.5 Å². The molecule has 0 radical (unpaired) electrons. The number of nitrogens with one attached hydrogen (secondary N) is 1. The maximum absolute atomic E-state index is 6.11.